The lowest BCUT2D eigenvalue weighted by atomic mass is 10.1. The van der Waals surface area contributed by atoms with Gasteiger partial charge in [-0.1, -0.05) is 0 Å². The molecule has 4 atom stereocenters. The molecule has 0 aromatic carbocycles. The first-order valence-electron chi connectivity index (χ1n) is 8.15. The van der Waals surface area contributed by atoms with Gasteiger partial charge in [-0.25, -0.2) is 9.97 Å². The van der Waals surface area contributed by atoms with Crippen LogP contribution in [0, 0.1) is 0 Å². The highest BCUT2D eigenvalue weighted by Crippen LogP contribution is 2.34. The minimum Gasteiger partial charge on any atom is -0.394 e. The summed E-state index contributed by atoms with van der Waals surface area (Å²) in [5, 5.41) is 33.0. The molecule has 4 heterocycles. The smallest absolute Gasteiger partial charge is 0.278 e. The van der Waals surface area contributed by atoms with E-state index in [9.17, 15) is 20.1 Å². The third-order valence-corrected chi connectivity index (χ3v) is 4.64. The third kappa shape index (κ3) is 2.60. The summed E-state index contributed by atoms with van der Waals surface area (Å²) in [5.74, 6) is 0.440. The Morgan fingerprint density at radius 2 is 2.04 bits per heavy atom. The monoisotopic (exact) mass is 352 g/mol. The van der Waals surface area contributed by atoms with E-state index in [-0.39, 0.29) is 11.2 Å². The topological polar surface area (TPSA) is 149 Å². The van der Waals surface area contributed by atoms with Crippen molar-refractivity contribution < 1.29 is 20.1 Å². The number of aliphatic hydroxyl groups is 3. The zero-order valence-electron chi connectivity index (χ0n) is 13.4. The summed E-state index contributed by atoms with van der Waals surface area (Å²) in [7, 11) is 0. The second-order valence-corrected chi connectivity index (χ2v) is 6.15. The molecule has 2 aromatic rings. The van der Waals surface area contributed by atoms with E-state index in [0.29, 0.717) is 19.0 Å². The van der Waals surface area contributed by atoms with Crippen LogP contribution in [0.25, 0.3) is 11.2 Å². The maximum Gasteiger partial charge on any atom is 0.278 e. The van der Waals surface area contributed by atoms with Crippen LogP contribution in [0.2, 0.25) is 0 Å². The van der Waals surface area contributed by atoms with Gasteiger partial charge in [0.15, 0.2) is 17.4 Å². The summed E-state index contributed by atoms with van der Waals surface area (Å²) in [6.45, 7) is 2.40. The third-order valence-electron chi connectivity index (χ3n) is 4.64. The molecule has 2 fully saturated rings. The minimum atomic E-state index is -1.28. The normalized spacial score (nSPS) is 30.3. The number of aliphatic hydroxyl groups excluding tert-OH is 3. The van der Waals surface area contributed by atoms with Crippen molar-refractivity contribution in [3.8, 4) is 0 Å². The predicted molar refractivity (Wildman–Crippen MR) is 86.2 cm³/mol. The van der Waals surface area contributed by atoms with Crippen molar-refractivity contribution in [2.45, 2.75) is 24.5 Å². The summed E-state index contributed by atoms with van der Waals surface area (Å²) >= 11 is 0. The Morgan fingerprint density at radius 3 is 2.72 bits per heavy atom. The molecule has 2 aliphatic heterocycles. The Labute approximate surface area is 141 Å². The maximum absolute atomic E-state index is 12.1. The molecule has 2 aromatic heterocycles. The zero-order valence-corrected chi connectivity index (χ0v) is 13.4. The average Bonchev–Trinajstić information content (AvgIpc) is 3.15. The molecule has 11 heteroatoms. The van der Waals surface area contributed by atoms with Crippen LogP contribution in [0.5, 0.6) is 0 Å². The SMILES string of the molecule is O=c1[nH]cnc2c1nc(N1CCNCC1)n2C1OC(CO)C(O)C1O. The lowest BCUT2D eigenvalue weighted by Gasteiger charge is -2.30. The van der Waals surface area contributed by atoms with E-state index in [1.165, 1.54) is 10.9 Å². The second-order valence-electron chi connectivity index (χ2n) is 6.15. The first-order chi connectivity index (χ1) is 12.1. The predicted octanol–water partition coefficient (Wildman–Crippen LogP) is -2.86. The number of piperazine rings is 1. The zero-order chi connectivity index (χ0) is 17.6. The molecule has 2 saturated heterocycles. The van der Waals surface area contributed by atoms with Crippen molar-refractivity contribution in [3.63, 3.8) is 0 Å². The van der Waals surface area contributed by atoms with Gasteiger partial charge in [0.25, 0.3) is 5.56 Å². The molecule has 0 aliphatic carbocycles. The largest absolute Gasteiger partial charge is 0.394 e. The van der Waals surface area contributed by atoms with E-state index in [1.54, 1.807) is 0 Å². The van der Waals surface area contributed by atoms with E-state index in [4.69, 9.17) is 4.74 Å². The summed E-state index contributed by atoms with van der Waals surface area (Å²) in [5.41, 5.74) is -0.00669. The number of fused-ring (bicyclic) bond motifs is 1. The van der Waals surface area contributed by atoms with Gasteiger partial charge in [-0.15, -0.1) is 0 Å². The molecular formula is C14H20N6O5. The first kappa shape index (κ1) is 16.4. The van der Waals surface area contributed by atoms with Crippen molar-refractivity contribution in [3.05, 3.63) is 16.7 Å². The van der Waals surface area contributed by atoms with Gasteiger partial charge in [0.05, 0.1) is 12.9 Å². The van der Waals surface area contributed by atoms with Gasteiger partial charge < -0.3 is 35.3 Å². The molecule has 136 valence electrons. The van der Waals surface area contributed by atoms with Crippen molar-refractivity contribution in [2.24, 2.45) is 0 Å². The maximum atomic E-state index is 12.1. The van der Waals surface area contributed by atoms with Crippen molar-refractivity contribution in [1.29, 1.82) is 0 Å². The molecule has 5 N–H and O–H groups in total. The summed E-state index contributed by atoms with van der Waals surface area (Å²) in [6.07, 6.45) is -3.19. The first-order valence-corrected chi connectivity index (χ1v) is 8.15. The molecular weight excluding hydrogens is 332 g/mol. The van der Waals surface area contributed by atoms with Crippen LogP contribution in [0.15, 0.2) is 11.1 Å². The van der Waals surface area contributed by atoms with Crippen LogP contribution >= 0.6 is 0 Å². The summed E-state index contributed by atoms with van der Waals surface area (Å²) < 4.78 is 7.16. The van der Waals surface area contributed by atoms with Crippen LogP contribution in [0.4, 0.5) is 5.95 Å². The second kappa shape index (κ2) is 6.35. The van der Waals surface area contributed by atoms with E-state index in [2.05, 4.69) is 20.3 Å². The molecule has 0 saturated carbocycles. The van der Waals surface area contributed by atoms with E-state index in [0.717, 1.165) is 13.1 Å². The number of aromatic nitrogens is 4. The highest BCUT2D eigenvalue weighted by molar-refractivity contribution is 5.74. The quantitative estimate of drug-likeness (QED) is 0.393. The molecule has 11 nitrogen and oxygen atoms in total. The summed E-state index contributed by atoms with van der Waals surface area (Å²) in [4.78, 5) is 25.2. The number of rotatable bonds is 3. The highest BCUT2D eigenvalue weighted by atomic mass is 16.6. The number of hydrogen-bond acceptors (Lipinski definition) is 9. The van der Waals surface area contributed by atoms with E-state index >= 15 is 0 Å². The molecule has 0 spiro atoms. The number of nitrogens with zero attached hydrogens (tertiary/aromatic N) is 4. The molecule has 0 radical (unpaired) electrons. The fourth-order valence-electron chi connectivity index (χ4n) is 3.32. The van der Waals surface area contributed by atoms with Crippen molar-refractivity contribution in [2.75, 3.05) is 37.7 Å². The lowest BCUT2D eigenvalue weighted by Crippen LogP contribution is -2.45. The Kier molecular flexibility index (Phi) is 4.17. The minimum absolute atomic E-state index is 0.133. The van der Waals surface area contributed by atoms with Gasteiger partial charge in [-0.2, -0.15) is 0 Å². The van der Waals surface area contributed by atoms with Crippen LogP contribution in [0.1, 0.15) is 6.23 Å². The highest BCUT2D eigenvalue weighted by Gasteiger charge is 2.45. The van der Waals surface area contributed by atoms with Crippen molar-refractivity contribution >= 4 is 17.1 Å². The Bertz CT molecular complexity index is 816. The molecule has 25 heavy (non-hydrogen) atoms. The number of nitrogens with one attached hydrogen (secondary N) is 2. The van der Waals surface area contributed by atoms with Gasteiger partial charge >= 0.3 is 0 Å². The fourth-order valence-corrected chi connectivity index (χ4v) is 3.32. The van der Waals surface area contributed by atoms with Gasteiger partial charge in [0, 0.05) is 26.2 Å². The lowest BCUT2D eigenvalue weighted by molar-refractivity contribution is -0.0504. The van der Waals surface area contributed by atoms with Gasteiger partial charge in [0.2, 0.25) is 5.95 Å². The molecule has 2 aliphatic rings. The van der Waals surface area contributed by atoms with Gasteiger partial charge in [0.1, 0.15) is 18.3 Å². The molecule has 0 amide bonds. The van der Waals surface area contributed by atoms with Gasteiger partial charge in [-0.05, 0) is 0 Å². The average molecular weight is 352 g/mol. The Morgan fingerprint density at radius 1 is 1.28 bits per heavy atom. The van der Waals surface area contributed by atoms with Crippen molar-refractivity contribution in [1.82, 2.24) is 24.8 Å². The van der Waals surface area contributed by atoms with Gasteiger partial charge in [-0.3, -0.25) is 9.36 Å². The van der Waals surface area contributed by atoms with Crippen LogP contribution in [-0.4, -0.2) is 85.9 Å². The molecule has 4 unspecified atom stereocenters. The molecule has 0 bridgehead atoms. The number of aromatic amines is 1. The summed E-state index contributed by atoms with van der Waals surface area (Å²) in [6, 6.07) is 0. The van der Waals surface area contributed by atoms with E-state index < -0.39 is 36.7 Å². The van der Waals surface area contributed by atoms with E-state index in [1.807, 2.05) is 4.90 Å². The number of H-pyrrole nitrogens is 1. The number of anilines is 1. The fraction of sp³-hybridized carbons (Fsp3) is 0.643. The van der Waals surface area contributed by atoms with Crippen LogP contribution < -0.4 is 15.8 Å². The Balaban J connectivity index is 1.86. The molecule has 4 rings (SSSR count). The van der Waals surface area contributed by atoms with Crippen LogP contribution in [-0.2, 0) is 4.74 Å². The number of hydrogen-bond donors (Lipinski definition) is 5. The standard InChI is InChI=1S/C14H20N6O5/c21-5-7-9(22)10(23)13(25-7)20-11-8(12(24)17-6-16-11)18-14(20)19-3-1-15-2-4-19/h6-7,9-10,13,15,21-23H,1-5H2,(H,16,17,24). The number of ether oxygens (including phenoxy) is 1. The van der Waals surface area contributed by atoms with Crippen LogP contribution in [0.3, 0.4) is 0 Å². The number of imidazole rings is 1. The Hall–Kier alpha value is -2.05.